The van der Waals surface area contributed by atoms with Crippen molar-refractivity contribution in [3.05, 3.63) is 0 Å². The predicted molar refractivity (Wildman–Crippen MR) is 54.5 cm³/mol. The third kappa shape index (κ3) is 3.63. The molecule has 1 aliphatic rings. The maximum atomic E-state index is 5.63. The molecule has 0 aromatic carbocycles. The zero-order valence-electron chi connectivity index (χ0n) is 9.29. The molecule has 0 unspecified atom stereocenters. The number of hydrogen-bond donors (Lipinski definition) is 0. The zero-order valence-corrected chi connectivity index (χ0v) is 9.29. The quantitative estimate of drug-likeness (QED) is 0.662. The highest BCUT2D eigenvalue weighted by Crippen LogP contribution is 2.07. The van der Waals surface area contributed by atoms with Crippen molar-refractivity contribution >= 4 is 0 Å². The highest BCUT2D eigenvalue weighted by molar-refractivity contribution is 4.70. The summed E-state index contributed by atoms with van der Waals surface area (Å²) < 4.78 is 0. The summed E-state index contributed by atoms with van der Waals surface area (Å²) in [6.45, 7) is 13.0. The minimum Gasteiger partial charge on any atom is -0.298 e. The number of nitrogens with zero attached hydrogens (tertiary/aromatic N) is 2. The molecule has 3 nitrogen and oxygen atoms in total. The van der Waals surface area contributed by atoms with E-state index in [1.54, 1.807) is 0 Å². The van der Waals surface area contributed by atoms with Gasteiger partial charge in [-0.25, -0.2) is 0 Å². The molecule has 1 aliphatic heterocycles. The molecule has 1 heterocycles. The Morgan fingerprint density at radius 2 is 1.46 bits per heavy atom. The van der Waals surface area contributed by atoms with E-state index in [0.29, 0.717) is 12.1 Å². The van der Waals surface area contributed by atoms with Crippen LogP contribution in [0.2, 0.25) is 0 Å². The molecule has 0 aromatic rings. The summed E-state index contributed by atoms with van der Waals surface area (Å²) in [5.41, 5.74) is 0. The van der Waals surface area contributed by atoms with E-state index in [2.05, 4.69) is 37.7 Å². The molecule has 0 atom stereocenters. The Hall–Kier alpha value is -0.120. The highest BCUT2D eigenvalue weighted by atomic mass is 16.7. The van der Waals surface area contributed by atoms with Crippen molar-refractivity contribution in [2.75, 3.05) is 26.2 Å². The lowest BCUT2D eigenvalue weighted by molar-refractivity contribution is -0.203. The summed E-state index contributed by atoms with van der Waals surface area (Å²) in [7, 11) is 0. The summed E-state index contributed by atoms with van der Waals surface area (Å²) >= 11 is 0. The van der Waals surface area contributed by atoms with Crippen molar-refractivity contribution < 1.29 is 4.84 Å². The van der Waals surface area contributed by atoms with Crippen LogP contribution >= 0.6 is 0 Å². The smallest absolute Gasteiger partial charge is 0.0737 e. The maximum Gasteiger partial charge on any atom is 0.0737 e. The van der Waals surface area contributed by atoms with E-state index >= 15 is 0 Å². The van der Waals surface area contributed by atoms with Crippen molar-refractivity contribution in [2.24, 2.45) is 0 Å². The van der Waals surface area contributed by atoms with Gasteiger partial charge in [-0.2, -0.15) is 5.06 Å². The van der Waals surface area contributed by atoms with Gasteiger partial charge in [-0.3, -0.25) is 9.74 Å². The Kier molecular flexibility index (Phi) is 4.16. The van der Waals surface area contributed by atoms with Crippen LogP contribution in [0.1, 0.15) is 27.7 Å². The number of hydrogen-bond acceptors (Lipinski definition) is 3. The van der Waals surface area contributed by atoms with Gasteiger partial charge in [0.05, 0.1) is 6.10 Å². The van der Waals surface area contributed by atoms with Crippen LogP contribution in [-0.2, 0) is 4.84 Å². The van der Waals surface area contributed by atoms with E-state index in [-0.39, 0.29) is 0 Å². The van der Waals surface area contributed by atoms with Gasteiger partial charge in [-0.15, -0.1) is 0 Å². The Balaban J connectivity index is 2.22. The molecule has 1 rings (SSSR count). The van der Waals surface area contributed by atoms with Crippen molar-refractivity contribution in [1.82, 2.24) is 9.96 Å². The molecular weight excluding hydrogens is 164 g/mol. The third-order valence-corrected chi connectivity index (χ3v) is 2.36. The fourth-order valence-corrected chi connectivity index (χ4v) is 1.62. The van der Waals surface area contributed by atoms with E-state index in [1.807, 2.05) is 0 Å². The van der Waals surface area contributed by atoms with Crippen LogP contribution < -0.4 is 0 Å². The summed E-state index contributed by atoms with van der Waals surface area (Å²) in [6, 6.07) is 0.668. The molecule has 0 bridgehead atoms. The Labute approximate surface area is 81.6 Å². The normalized spacial score (nSPS) is 21.7. The van der Waals surface area contributed by atoms with Gasteiger partial charge in [0, 0.05) is 32.2 Å². The lowest BCUT2D eigenvalue weighted by Gasteiger charge is -2.36. The zero-order chi connectivity index (χ0) is 9.84. The molecule has 78 valence electrons. The number of piperazine rings is 1. The van der Waals surface area contributed by atoms with Crippen LogP contribution in [0.3, 0.4) is 0 Å². The van der Waals surface area contributed by atoms with Gasteiger partial charge in [0.15, 0.2) is 0 Å². The van der Waals surface area contributed by atoms with Gasteiger partial charge in [0.2, 0.25) is 0 Å². The number of hydroxylamine groups is 2. The first-order valence-corrected chi connectivity index (χ1v) is 5.25. The van der Waals surface area contributed by atoms with Crippen molar-refractivity contribution in [3.8, 4) is 0 Å². The highest BCUT2D eigenvalue weighted by Gasteiger charge is 2.19. The van der Waals surface area contributed by atoms with E-state index < -0.39 is 0 Å². The monoisotopic (exact) mass is 186 g/mol. The van der Waals surface area contributed by atoms with Crippen molar-refractivity contribution in [3.63, 3.8) is 0 Å². The average Bonchev–Trinajstić information content (AvgIpc) is 2.04. The van der Waals surface area contributed by atoms with Gasteiger partial charge in [0.25, 0.3) is 0 Å². The van der Waals surface area contributed by atoms with E-state index in [4.69, 9.17) is 4.84 Å². The molecule has 1 fully saturated rings. The molecule has 0 amide bonds. The van der Waals surface area contributed by atoms with E-state index in [0.717, 1.165) is 26.2 Å². The summed E-state index contributed by atoms with van der Waals surface area (Å²) in [5.74, 6) is 0. The van der Waals surface area contributed by atoms with Crippen LogP contribution in [0.4, 0.5) is 0 Å². The molecule has 0 aliphatic carbocycles. The molecule has 13 heavy (non-hydrogen) atoms. The topological polar surface area (TPSA) is 15.7 Å². The van der Waals surface area contributed by atoms with E-state index in [1.165, 1.54) is 0 Å². The van der Waals surface area contributed by atoms with Crippen LogP contribution in [0, 0.1) is 0 Å². The second-order valence-electron chi connectivity index (χ2n) is 4.21. The summed E-state index contributed by atoms with van der Waals surface area (Å²) in [4.78, 5) is 8.11. The average molecular weight is 186 g/mol. The molecule has 0 spiro atoms. The second-order valence-corrected chi connectivity index (χ2v) is 4.21. The van der Waals surface area contributed by atoms with E-state index in [9.17, 15) is 0 Å². The lowest BCUT2D eigenvalue weighted by atomic mass is 10.2. The lowest BCUT2D eigenvalue weighted by Crippen LogP contribution is -2.49. The summed E-state index contributed by atoms with van der Waals surface area (Å²) in [5, 5.41) is 2.09. The molecular formula is C10H22N2O. The van der Waals surface area contributed by atoms with Gasteiger partial charge >= 0.3 is 0 Å². The predicted octanol–water partition coefficient (Wildman–Crippen LogP) is 1.35. The Morgan fingerprint density at radius 1 is 0.923 bits per heavy atom. The summed E-state index contributed by atoms with van der Waals surface area (Å²) in [6.07, 6.45) is 0.311. The standard InChI is InChI=1S/C10H22N2O/c1-9(2)11-5-7-12(8-6-11)13-10(3)4/h9-10H,5-8H2,1-4H3. The molecule has 0 aromatic heterocycles. The maximum absolute atomic E-state index is 5.63. The van der Waals surface area contributed by atoms with Crippen LogP contribution in [0.25, 0.3) is 0 Å². The first kappa shape index (κ1) is 11.0. The van der Waals surface area contributed by atoms with Crippen LogP contribution in [0.5, 0.6) is 0 Å². The molecule has 0 radical (unpaired) electrons. The first-order valence-electron chi connectivity index (χ1n) is 5.25. The van der Waals surface area contributed by atoms with Crippen molar-refractivity contribution in [2.45, 2.75) is 39.8 Å². The minimum atomic E-state index is 0.311. The second kappa shape index (κ2) is 4.94. The molecule has 0 saturated carbocycles. The SMILES string of the molecule is CC(C)ON1CCN(C(C)C)CC1. The van der Waals surface area contributed by atoms with Gasteiger partial charge in [-0.05, 0) is 27.7 Å². The molecule has 0 N–H and O–H groups in total. The molecule has 3 heteroatoms. The first-order chi connectivity index (χ1) is 6.09. The van der Waals surface area contributed by atoms with Gasteiger partial charge < -0.3 is 0 Å². The third-order valence-electron chi connectivity index (χ3n) is 2.36. The molecule has 1 saturated heterocycles. The number of rotatable bonds is 3. The van der Waals surface area contributed by atoms with Gasteiger partial charge in [-0.1, -0.05) is 0 Å². The van der Waals surface area contributed by atoms with Crippen molar-refractivity contribution in [1.29, 1.82) is 0 Å². The van der Waals surface area contributed by atoms with Crippen LogP contribution in [-0.4, -0.2) is 48.3 Å². The minimum absolute atomic E-state index is 0.311. The fraction of sp³-hybridized carbons (Fsp3) is 1.00. The Bertz CT molecular complexity index is 140. The Morgan fingerprint density at radius 3 is 1.85 bits per heavy atom. The fourth-order valence-electron chi connectivity index (χ4n) is 1.62. The van der Waals surface area contributed by atoms with Gasteiger partial charge in [0.1, 0.15) is 0 Å². The largest absolute Gasteiger partial charge is 0.298 e. The van der Waals surface area contributed by atoms with Crippen LogP contribution in [0.15, 0.2) is 0 Å².